The van der Waals surface area contributed by atoms with Gasteiger partial charge in [0.25, 0.3) is 0 Å². The Hall–Kier alpha value is -0.00312. The summed E-state index contributed by atoms with van der Waals surface area (Å²) in [6, 6.07) is 0. The van der Waals surface area contributed by atoms with E-state index in [1.807, 2.05) is 6.21 Å². The maximum atomic E-state index is 12.6. The van der Waals surface area contributed by atoms with Gasteiger partial charge in [-0.3, -0.25) is 0 Å². The Balaban J connectivity index is 2.23. The van der Waals surface area contributed by atoms with Crippen LogP contribution in [0.15, 0.2) is 4.40 Å². The Kier molecular flexibility index (Phi) is 5.11. The highest BCUT2D eigenvalue weighted by atomic mass is 32.2. The highest BCUT2D eigenvalue weighted by molar-refractivity contribution is 7.83. The molecule has 0 aromatic rings. The fourth-order valence-corrected chi connectivity index (χ4v) is 7.15. The Morgan fingerprint density at radius 2 is 2.00 bits per heavy atom. The van der Waals surface area contributed by atoms with Crippen LogP contribution in [0.2, 0.25) is 19.6 Å². The minimum absolute atomic E-state index is 0.0388. The molecule has 0 aromatic carbocycles. The van der Waals surface area contributed by atoms with Gasteiger partial charge in [-0.15, -0.1) is 0 Å². The third kappa shape index (κ3) is 3.41. The quantitative estimate of drug-likeness (QED) is 0.529. The van der Waals surface area contributed by atoms with E-state index < -0.39 is 19.3 Å². The predicted molar refractivity (Wildman–Crippen MR) is 98.1 cm³/mol. The van der Waals surface area contributed by atoms with Crippen LogP contribution in [-0.2, 0) is 15.4 Å². The van der Waals surface area contributed by atoms with Crippen LogP contribution in [-0.4, -0.2) is 30.6 Å². The zero-order valence-electron chi connectivity index (χ0n) is 15.3. The molecule has 0 N–H and O–H groups in total. The van der Waals surface area contributed by atoms with E-state index in [-0.39, 0.29) is 16.9 Å². The first-order chi connectivity index (χ1) is 9.98. The monoisotopic (exact) mass is 343 g/mol. The van der Waals surface area contributed by atoms with Gasteiger partial charge in [0.15, 0.2) is 8.32 Å². The van der Waals surface area contributed by atoms with E-state index in [0.717, 1.165) is 12.8 Å². The molecule has 2 fully saturated rings. The minimum Gasteiger partial charge on any atom is -0.414 e. The van der Waals surface area contributed by atoms with E-state index in [4.69, 9.17) is 4.43 Å². The molecule has 2 aliphatic rings. The summed E-state index contributed by atoms with van der Waals surface area (Å²) in [6.45, 7) is 15.6. The van der Waals surface area contributed by atoms with Crippen molar-refractivity contribution >= 4 is 25.5 Å². The Bertz CT molecular complexity index is 470. The molecule has 2 aliphatic carbocycles. The molecule has 0 spiro atoms. The molecule has 128 valence electrons. The smallest absolute Gasteiger partial charge is 0.184 e. The SMILES string of the molecule is CC(C)/C=N/S(=O)CC12CCC(CC1O[Si](C)(C)C)C2(C)C. The summed E-state index contributed by atoms with van der Waals surface area (Å²) in [5.41, 5.74) is 0.247. The van der Waals surface area contributed by atoms with E-state index >= 15 is 0 Å². The van der Waals surface area contributed by atoms with Gasteiger partial charge in [-0.05, 0) is 56.2 Å². The van der Waals surface area contributed by atoms with Crippen molar-refractivity contribution in [2.45, 2.75) is 72.7 Å². The summed E-state index contributed by atoms with van der Waals surface area (Å²) < 4.78 is 23.4. The first-order valence-corrected chi connectivity index (χ1v) is 13.3. The second-order valence-corrected chi connectivity index (χ2v) is 14.6. The fourth-order valence-electron chi connectivity index (χ4n) is 4.38. The summed E-state index contributed by atoms with van der Waals surface area (Å²) in [5, 5.41) is 0. The van der Waals surface area contributed by atoms with Gasteiger partial charge in [-0.2, -0.15) is 4.40 Å². The molecule has 4 atom stereocenters. The highest BCUT2D eigenvalue weighted by Crippen LogP contribution is 2.67. The average molecular weight is 344 g/mol. The largest absolute Gasteiger partial charge is 0.414 e. The molecule has 2 rings (SSSR count). The highest BCUT2D eigenvalue weighted by Gasteiger charge is 2.65. The van der Waals surface area contributed by atoms with Crippen molar-refractivity contribution in [2.24, 2.45) is 27.1 Å². The lowest BCUT2D eigenvalue weighted by molar-refractivity contribution is 0.0287. The molecule has 2 saturated carbocycles. The van der Waals surface area contributed by atoms with Crippen molar-refractivity contribution in [3.05, 3.63) is 0 Å². The molecule has 0 heterocycles. The summed E-state index contributed by atoms with van der Waals surface area (Å²) in [4.78, 5) is 0. The fraction of sp³-hybridized carbons (Fsp3) is 0.941. The number of rotatable bonds is 6. The van der Waals surface area contributed by atoms with Crippen LogP contribution in [0.25, 0.3) is 0 Å². The Morgan fingerprint density at radius 3 is 2.50 bits per heavy atom. The van der Waals surface area contributed by atoms with Crippen LogP contribution in [0, 0.1) is 22.7 Å². The van der Waals surface area contributed by atoms with Gasteiger partial charge in [0.1, 0.15) is 11.0 Å². The number of hydrogen-bond donors (Lipinski definition) is 0. The van der Waals surface area contributed by atoms with Crippen LogP contribution in [0.5, 0.6) is 0 Å². The molecule has 3 nitrogen and oxygen atoms in total. The average Bonchev–Trinajstić information content (AvgIpc) is 2.69. The first-order valence-electron chi connectivity index (χ1n) is 8.58. The summed E-state index contributed by atoms with van der Waals surface area (Å²) in [5.74, 6) is 1.72. The number of nitrogens with zero attached hydrogens (tertiary/aromatic N) is 1. The molecule has 5 heteroatoms. The maximum Gasteiger partial charge on any atom is 0.184 e. The van der Waals surface area contributed by atoms with Crippen LogP contribution in [0.3, 0.4) is 0 Å². The van der Waals surface area contributed by atoms with Crippen LogP contribution < -0.4 is 0 Å². The van der Waals surface area contributed by atoms with Crippen molar-refractivity contribution in [1.82, 2.24) is 0 Å². The second-order valence-electron chi connectivity index (χ2n) is 9.03. The molecule has 0 aromatic heterocycles. The van der Waals surface area contributed by atoms with Gasteiger partial charge in [0.2, 0.25) is 0 Å². The van der Waals surface area contributed by atoms with Crippen molar-refractivity contribution in [3.63, 3.8) is 0 Å². The third-order valence-electron chi connectivity index (χ3n) is 5.71. The summed E-state index contributed by atoms with van der Waals surface area (Å²) in [6.07, 6.45) is 5.63. The maximum absolute atomic E-state index is 12.6. The van der Waals surface area contributed by atoms with E-state index in [9.17, 15) is 4.21 Å². The lowest BCUT2D eigenvalue weighted by Crippen LogP contribution is -2.47. The van der Waals surface area contributed by atoms with Crippen molar-refractivity contribution in [2.75, 3.05) is 5.75 Å². The minimum atomic E-state index is -1.59. The zero-order valence-corrected chi connectivity index (χ0v) is 17.1. The van der Waals surface area contributed by atoms with Crippen LogP contribution in [0.1, 0.15) is 47.0 Å². The van der Waals surface area contributed by atoms with E-state index in [0.29, 0.717) is 17.6 Å². The molecule has 0 saturated heterocycles. The van der Waals surface area contributed by atoms with Gasteiger partial charge in [-0.25, -0.2) is 4.21 Å². The molecule has 2 bridgehead atoms. The van der Waals surface area contributed by atoms with Gasteiger partial charge in [0.05, 0.1) is 11.9 Å². The predicted octanol–water partition coefficient (Wildman–Crippen LogP) is 4.42. The molecule has 22 heavy (non-hydrogen) atoms. The van der Waals surface area contributed by atoms with Crippen LogP contribution in [0.4, 0.5) is 0 Å². The standard InChI is InChI=1S/C17H33NO2SSi/c1-13(2)11-18-21(19)12-17-9-8-14(16(17,3)4)10-15(17)20-22(5,6)7/h11,13-15H,8-10,12H2,1-7H3/b18-11+. The Morgan fingerprint density at radius 1 is 1.36 bits per heavy atom. The molecule has 0 aliphatic heterocycles. The zero-order chi connectivity index (χ0) is 16.8. The van der Waals surface area contributed by atoms with Crippen molar-refractivity contribution in [3.8, 4) is 0 Å². The lowest BCUT2D eigenvalue weighted by Gasteiger charge is -2.43. The van der Waals surface area contributed by atoms with Gasteiger partial charge < -0.3 is 4.43 Å². The molecular weight excluding hydrogens is 310 g/mol. The summed E-state index contributed by atoms with van der Waals surface area (Å²) >= 11 is 0. The van der Waals surface area contributed by atoms with Crippen molar-refractivity contribution < 1.29 is 8.63 Å². The first kappa shape index (κ1) is 18.3. The third-order valence-corrected chi connectivity index (χ3v) is 7.82. The van der Waals surface area contributed by atoms with Gasteiger partial charge >= 0.3 is 0 Å². The summed E-state index contributed by atoms with van der Waals surface area (Å²) in [7, 11) is -2.73. The lowest BCUT2D eigenvalue weighted by atomic mass is 9.70. The van der Waals surface area contributed by atoms with E-state index in [1.54, 1.807) is 0 Å². The number of fused-ring (bicyclic) bond motifs is 2. The Labute approximate surface area is 140 Å². The van der Waals surface area contributed by atoms with E-state index in [2.05, 4.69) is 51.7 Å². The van der Waals surface area contributed by atoms with E-state index in [1.165, 1.54) is 6.42 Å². The molecule has 0 amide bonds. The van der Waals surface area contributed by atoms with Gasteiger partial charge in [-0.1, -0.05) is 27.7 Å². The topological polar surface area (TPSA) is 38.7 Å². The van der Waals surface area contributed by atoms with Crippen molar-refractivity contribution in [1.29, 1.82) is 0 Å². The molecule has 4 unspecified atom stereocenters. The molecule has 0 radical (unpaired) electrons. The van der Waals surface area contributed by atoms with Crippen LogP contribution >= 0.6 is 0 Å². The number of hydrogen-bond acceptors (Lipinski definition) is 2. The normalized spacial score (nSPS) is 35.6. The second kappa shape index (κ2) is 6.13. The molecular formula is C17H33NO2SSi. The van der Waals surface area contributed by atoms with Gasteiger partial charge in [0, 0.05) is 11.6 Å².